The van der Waals surface area contributed by atoms with E-state index in [9.17, 15) is 18.3 Å². The Kier molecular flexibility index (Phi) is 8.66. The highest BCUT2D eigenvalue weighted by molar-refractivity contribution is 5.33. The highest BCUT2D eigenvalue weighted by atomic mass is 19.4. The number of aliphatic hydroxyl groups is 1. The molecule has 1 saturated heterocycles. The first-order valence-corrected chi connectivity index (χ1v) is 9.87. The van der Waals surface area contributed by atoms with Crippen LogP contribution >= 0.6 is 0 Å². The van der Waals surface area contributed by atoms with Crippen molar-refractivity contribution in [3.8, 4) is 0 Å². The number of hydrogen-bond donors (Lipinski definition) is 5. The van der Waals surface area contributed by atoms with Crippen molar-refractivity contribution in [1.29, 1.82) is 0 Å². The van der Waals surface area contributed by atoms with E-state index in [0.717, 1.165) is 45.7 Å². The van der Waals surface area contributed by atoms with Gasteiger partial charge in [0.25, 0.3) is 0 Å². The smallest absolute Gasteiger partial charge is 0.387 e. The second kappa shape index (κ2) is 10.5. The molecular weight excluding hydrogens is 371 g/mol. The molecule has 1 heterocycles. The maximum atomic E-state index is 13.1. The van der Waals surface area contributed by atoms with Crippen molar-refractivity contribution in [1.82, 2.24) is 26.4 Å². The van der Waals surface area contributed by atoms with Crippen LogP contribution in [-0.2, 0) is 5.66 Å². The van der Waals surface area contributed by atoms with Gasteiger partial charge in [-0.15, -0.1) is 0 Å². The van der Waals surface area contributed by atoms with Crippen LogP contribution in [0.2, 0.25) is 0 Å². The summed E-state index contributed by atoms with van der Waals surface area (Å²) in [5.74, 6) is 0. The van der Waals surface area contributed by atoms with Crippen LogP contribution in [0.3, 0.4) is 0 Å². The summed E-state index contributed by atoms with van der Waals surface area (Å²) >= 11 is 0. The van der Waals surface area contributed by atoms with E-state index in [0.29, 0.717) is 12.1 Å². The van der Waals surface area contributed by atoms with Gasteiger partial charge in [-0.3, -0.25) is 0 Å². The van der Waals surface area contributed by atoms with Gasteiger partial charge in [-0.1, -0.05) is 38.1 Å². The molecule has 1 fully saturated rings. The quantitative estimate of drug-likeness (QED) is 0.253. The van der Waals surface area contributed by atoms with Gasteiger partial charge in [0, 0.05) is 32.7 Å². The topological polar surface area (TPSA) is 91.4 Å². The minimum absolute atomic E-state index is 0.0832. The molecule has 5 N–H and O–H groups in total. The lowest BCUT2D eigenvalue weighted by atomic mass is 10.00. The molecule has 1 unspecified atom stereocenters. The van der Waals surface area contributed by atoms with Gasteiger partial charge in [0.1, 0.15) is 0 Å². The predicted molar refractivity (Wildman–Crippen MR) is 104 cm³/mol. The van der Waals surface area contributed by atoms with Crippen LogP contribution in [0.4, 0.5) is 13.2 Å². The molecule has 0 aliphatic carbocycles. The molecule has 2 rings (SSSR count). The fourth-order valence-corrected chi connectivity index (χ4v) is 3.13. The summed E-state index contributed by atoms with van der Waals surface area (Å²) in [6.07, 6.45) is -4.10. The summed E-state index contributed by atoms with van der Waals surface area (Å²) in [6.45, 7) is 10.1. The number of nitrogens with one attached hydrogen (secondary N) is 4. The molecule has 1 aromatic rings. The first kappa shape index (κ1) is 23.1. The Balaban J connectivity index is 1.76. The number of alkyl halides is 3. The fraction of sp³-hybridized carbons (Fsp3) is 0.684. The largest absolute Gasteiger partial charge is 0.426 e. The Bertz CT molecular complexity index is 578. The van der Waals surface area contributed by atoms with Gasteiger partial charge in [-0.2, -0.15) is 13.2 Å². The molecule has 28 heavy (non-hydrogen) atoms. The Morgan fingerprint density at radius 3 is 2.14 bits per heavy atom. The maximum Gasteiger partial charge on any atom is 0.426 e. The van der Waals surface area contributed by atoms with E-state index < -0.39 is 17.9 Å². The second-order valence-electron chi connectivity index (χ2n) is 7.03. The van der Waals surface area contributed by atoms with Gasteiger partial charge in [0.2, 0.25) is 5.66 Å². The molecule has 0 saturated carbocycles. The van der Waals surface area contributed by atoms with Gasteiger partial charge in [0.15, 0.2) is 0 Å². The van der Waals surface area contributed by atoms with Gasteiger partial charge < -0.3 is 20.6 Å². The third-order valence-electron chi connectivity index (χ3n) is 4.87. The highest BCUT2D eigenvalue weighted by Gasteiger charge is 2.65. The zero-order chi connectivity index (χ0) is 20.6. The summed E-state index contributed by atoms with van der Waals surface area (Å²) in [5, 5.41) is 16.8. The molecule has 0 amide bonds. The zero-order valence-corrected chi connectivity index (χ0v) is 16.6. The lowest BCUT2D eigenvalue weighted by Gasteiger charge is -2.22. The average Bonchev–Trinajstić information content (AvgIpc) is 3.47. The molecular formula is C19H32F3N5O. The zero-order valence-electron chi connectivity index (χ0n) is 16.6. The van der Waals surface area contributed by atoms with Gasteiger partial charge >= 0.3 is 6.18 Å². The van der Waals surface area contributed by atoms with Crippen LogP contribution in [0, 0.1) is 0 Å². The van der Waals surface area contributed by atoms with E-state index in [-0.39, 0.29) is 5.56 Å². The van der Waals surface area contributed by atoms with Crippen LogP contribution in [0.25, 0.3) is 0 Å². The Morgan fingerprint density at radius 2 is 1.64 bits per heavy atom. The summed E-state index contributed by atoms with van der Waals surface area (Å²) in [4.78, 5) is 2.36. The van der Waals surface area contributed by atoms with E-state index in [4.69, 9.17) is 0 Å². The average molecular weight is 403 g/mol. The first-order chi connectivity index (χ1) is 13.3. The number of halogens is 3. The van der Waals surface area contributed by atoms with Crippen LogP contribution in [0.1, 0.15) is 37.5 Å². The minimum Gasteiger partial charge on any atom is -0.387 e. The van der Waals surface area contributed by atoms with Crippen molar-refractivity contribution in [2.75, 3.05) is 45.8 Å². The summed E-state index contributed by atoms with van der Waals surface area (Å²) in [5.41, 5.74) is 2.86. The van der Waals surface area contributed by atoms with E-state index in [1.54, 1.807) is 0 Å². The van der Waals surface area contributed by atoms with Crippen LogP contribution in [-0.4, -0.2) is 62.0 Å². The van der Waals surface area contributed by atoms with E-state index in [1.165, 1.54) is 24.3 Å². The number of hydrazine groups is 1. The van der Waals surface area contributed by atoms with Crippen LogP contribution in [0.5, 0.6) is 0 Å². The Morgan fingerprint density at radius 1 is 1.04 bits per heavy atom. The lowest BCUT2D eigenvalue weighted by molar-refractivity contribution is -0.165. The van der Waals surface area contributed by atoms with Gasteiger partial charge in [-0.05, 0) is 30.6 Å². The first-order valence-electron chi connectivity index (χ1n) is 9.87. The molecule has 0 spiro atoms. The third kappa shape index (κ3) is 6.13. The SMILES string of the molecule is CCCN(CCNCC)CCNCC(O)c1ccc(C2(C(F)(F)F)NN2)cc1. The van der Waals surface area contributed by atoms with E-state index >= 15 is 0 Å². The molecule has 0 aromatic heterocycles. The highest BCUT2D eigenvalue weighted by Crippen LogP contribution is 2.42. The standard InChI is InChI=1S/C19H32F3N5O/c1-3-11-27(12-9-23-4-2)13-10-24-14-17(28)15-5-7-16(8-6-15)18(25-26-18)19(20,21)22/h5-8,17,23-26,28H,3-4,9-14H2,1-2H3. The van der Waals surface area contributed by atoms with Crippen molar-refractivity contribution in [2.45, 2.75) is 38.2 Å². The predicted octanol–water partition coefficient (Wildman–Crippen LogP) is 1.45. The molecule has 160 valence electrons. The molecule has 6 nitrogen and oxygen atoms in total. The molecule has 0 radical (unpaired) electrons. The summed E-state index contributed by atoms with van der Waals surface area (Å²) < 4.78 is 39.2. The number of nitrogens with zero attached hydrogens (tertiary/aromatic N) is 1. The molecule has 9 heteroatoms. The Hall–Kier alpha value is -1.23. The normalized spacial score (nSPS) is 17.1. The van der Waals surface area contributed by atoms with Crippen molar-refractivity contribution in [2.24, 2.45) is 0 Å². The van der Waals surface area contributed by atoms with Crippen molar-refractivity contribution >= 4 is 0 Å². The van der Waals surface area contributed by atoms with Crippen LogP contribution < -0.4 is 21.5 Å². The minimum atomic E-state index is -4.42. The molecule has 1 atom stereocenters. The number of aliphatic hydroxyl groups excluding tert-OH is 1. The number of rotatable bonds is 13. The van der Waals surface area contributed by atoms with Gasteiger partial charge in [-0.25, -0.2) is 10.9 Å². The fourth-order valence-electron chi connectivity index (χ4n) is 3.13. The molecule has 0 bridgehead atoms. The van der Waals surface area contributed by atoms with Crippen LogP contribution in [0.15, 0.2) is 24.3 Å². The van der Waals surface area contributed by atoms with Gasteiger partial charge in [0.05, 0.1) is 6.10 Å². The van der Waals surface area contributed by atoms with E-state index in [1.807, 2.05) is 0 Å². The van der Waals surface area contributed by atoms with E-state index in [2.05, 4.69) is 40.2 Å². The number of benzene rings is 1. The van der Waals surface area contributed by atoms with Crippen molar-refractivity contribution in [3.05, 3.63) is 35.4 Å². The molecule has 1 aliphatic heterocycles. The van der Waals surface area contributed by atoms with Crippen molar-refractivity contribution < 1.29 is 18.3 Å². The number of likely N-dealkylation sites (N-methyl/N-ethyl adjacent to an activating group) is 1. The summed E-state index contributed by atoms with van der Waals surface area (Å²) in [7, 11) is 0. The number of hydrogen-bond acceptors (Lipinski definition) is 6. The third-order valence-corrected chi connectivity index (χ3v) is 4.87. The van der Waals surface area contributed by atoms with Crippen molar-refractivity contribution in [3.63, 3.8) is 0 Å². The molecule has 1 aliphatic rings. The summed E-state index contributed by atoms with van der Waals surface area (Å²) in [6, 6.07) is 5.86. The monoisotopic (exact) mass is 403 g/mol. The molecule has 1 aromatic carbocycles. The Labute approximate surface area is 164 Å². The lowest BCUT2D eigenvalue weighted by Crippen LogP contribution is -2.38. The second-order valence-corrected chi connectivity index (χ2v) is 7.03. The maximum absolute atomic E-state index is 13.1.